The molecule has 1 aliphatic rings. The molecule has 23 heavy (non-hydrogen) atoms. The Morgan fingerprint density at radius 3 is 2.52 bits per heavy atom. The lowest BCUT2D eigenvalue weighted by atomic mass is 9.93. The molecule has 0 radical (unpaired) electrons. The van der Waals surface area contributed by atoms with Gasteiger partial charge in [0.2, 0.25) is 0 Å². The zero-order valence-electron chi connectivity index (χ0n) is 13.1. The fourth-order valence-corrected chi connectivity index (χ4v) is 2.79. The molecule has 5 heteroatoms. The number of methoxy groups -OCH3 is 1. The van der Waals surface area contributed by atoms with Crippen molar-refractivity contribution >= 4 is 17.6 Å². The van der Waals surface area contributed by atoms with Gasteiger partial charge in [-0.15, -0.1) is 0 Å². The molecule has 118 valence electrons. The Morgan fingerprint density at radius 1 is 1.09 bits per heavy atom. The van der Waals surface area contributed by atoms with Gasteiger partial charge in [0.25, 0.3) is 5.91 Å². The zero-order chi connectivity index (χ0) is 16.4. The number of carbonyl (C=O) groups excluding carboxylic acids is 2. The largest absolute Gasteiger partial charge is 0.497 e. The first-order valence-corrected chi connectivity index (χ1v) is 7.38. The molecule has 1 N–H and O–H groups in total. The van der Waals surface area contributed by atoms with Crippen LogP contribution in [0.2, 0.25) is 0 Å². The van der Waals surface area contributed by atoms with E-state index in [9.17, 15) is 9.59 Å². The molecule has 1 aliphatic heterocycles. The highest BCUT2D eigenvalue weighted by atomic mass is 16.5. The highest BCUT2D eigenvalue weighted by Gasteiger charge is 2.48. The van der Waals surface area contributed by atoms with Gasteiger partial charge in [-0.3, -0.25) is 4.79 Å². The SMILES string of the molecule is COc1cccc(N2C(=O)N[C@@](C)(Cc3ccccc3)C2=O)c1. The van der Waals surface area contributed by atoms with Gasteiger partial charge < -0.3 is 10.1 Å². The minimum atomic E-state index is -0.957. The normalized spacial score (nSPS) is 20.5. The summed E-state index contributed by atoms with van der Waals surface area (Å²) in [4.78, 5) is 26.4. The maximum Gasteiger partial charge on any atom is 0.329 e. The summed E-state index contributed by atoms with van der Waals surface area (Å²) in [6.45, 7) is 1.75. The molecule has 0 unspecified atom stereocenters. The molecule has 1 atom stereocenters. The Kier molecular flexibility index (Phi) is 3.78. The van der Waals surface area contributed by atoms with Crippen LogP contribution in [0.1, 0.15) is 12.5 Å². The van der Waals surface area contributed by atoms with E-state index < -0.39 is 11.6 Å². The number of hydrogen-bond donors (Lipinski definition) is 1. The molecule has 3 amide bonds. The zero-order valence-corrected chi connectivity index (χ0v) is 13.1. The highest BCUT2D eigenvalue weighted by Crippen LogP contribution is 2.29. The standard InChI is InChI=1S/C18H18N2O3/c1-18(12-13-7-4-3-5-8-13)16(21)20(17(22)19-18)14-9-6-10-15(11-14)23-2/h3-11H,12H2,1-2H3,(H,19,22)/t18-/m0/s1. The van der Waals surface area contributed by atoms with E-state index >= 15 is 0 Å². The summed E-state index contributed by atoms with van der Waals surface area (Å²) in [5, 5.41) is 2.81. The number of amides is 3. The molecule has 0 aliphatic carbocycles. The van der Waals surface area contributed by atoms with Crippen molar-refractivity contribution in [3.63, 3.8) is 0 Å². The van der Waals surface area contributed by atoms with Crippen molar-refractivity contribution < 1.29 is 14.3 Å². The summed E-state index contributed by atoms with van der Waals surface area (Å²) in [5.41, 5.74) is 0.543. The van der Waals surface area contributed by atoms with Crippen LogP contribution in [0.5, 0.6) is 5.75 Å². The molecule has 5 nitrogen and oxygen atoms in total. The molecule has 0 aromatic heterocycles. The third kappa shape index (κ3) is 2.77. The number of nitrogens with zero attached hydrogens (tertiary/aromatic N) is 1. The second-order valence-corrected chi connectivity index (χ2v) is 5.77. The number of rotatable bonds is 4. The van der Waals surface area contributed by atoms with Crippen molar-refractivity contribution in [2.45, 2.75) is 18.9 Å². The van der Waals surface area contributed by atoms with E-state index in [1.165, 1.54) is 4.90 Å². The van der Waals surface area contributed by atoms with Crippen LogP contribution in [0, 0.1) is 0 Å². The van der Waals surface area contributed by atoms with E-state index in [1.54, 1.807) is 38.3 Å². The number of carbonyl (C=O) groups is 2. The van der Waals surface area contributed by atoms with Gasteiger partial charge in [0.05, 0.1) is 12.8 Å². The predicted molar refractivity (Wildman–Crippen MR) is 87.6 cm³/mol. The summed E-state index contributed by atoms with van der Waals surface area (Å²) in [5.74, 6) is 0.333. The van der Waals surface area contributed by atoms with E-state index in [0.29, 0.717) is 17.9 Å². The van der Waals surface area contributed by atoms with E-state index in [0.717, 1.165) is 5.56 Å². The fraction of sp³-hybridized carbons (Fsp3) is 0.222. The van der Waals surface area contributed by atoms with Gasteiger partial charge in [0.15, 0.2) is 0 Å². The Morgan fingerprint density at radius 2 is 1.83 bits per heavy atom. The Labute approximate surface area is 134 Å². The first-order chi connectivity index (χ1) is 11.0. The molecule has 2 aromatic rings. The van der Waals surface area contributed by atoms with E-state index in [1.807, 2.05) is 30.3 Å². The minimum Gasteiger partial charge on any atom is -0.497 e. The highest BCUT2D eigenvalue weighted by molar-refractivity contribution is 6.23. The number of imide groups is 1. The Hall–Kier alpha value is -2.82. The molecule has 0 bridgehead atoms. The average molecular weight is 310 g/mol. The van der Waals surface area contributed by atoms with E-state index in [-0.39, 0.29) is 5.91 Å². The summed E-state index contributed by atoms with van der Waals surface area (Å²) in [6.07, 6.45) is 0.443. The van der Waals surface area contributed by atoms with Crippen molar-refractivity contribution in [2.75, 3.05) is 12.0 Å². The van der Waals surface area contributed by atoms with E-state index in [4.69, 9.17) is 4.74 Å². The molecular weight excluding hydrogens is 292 g/mol. The molecular formula is C18H18N2O3. The molecule has 1 heterocycles. The Bertz CT molecular complexity index is 745. The van der Waals surface area contributed by atoms with Gasteiger partial charge in [0, 0.05) is 12.5 Å². The van der Waals surface area contributed by atoms with Crippen molar-refractivity contribution in [2.24, 2.45) is 0 Å². The number of ether oxygens (including phenoxy) is 1. The van der Waals surface area contributed by atoms with Crippen molar-refractivity contribution in [1.29, 1.82) is 0 Å². The summed E-state index contributed by atoms with van der Waals surface area (Å²) in [6, 6.07) is 16.1. The van der Waals surface area contributed by atoms with Crippen LogP contribution in [0.3, 0.4) is 0 Å². The molecule has 3 rings (SSSR count). The molecule has 1 fully saturated rings. The van der Waals surface area contributed by atoms with Crippen molar-refractivity contribution in [3.8, 4) is 5.75 Å². The van der Waals surface area contributed by atoms with Crippen LogP contribution in [0.25, 0.3) is 0 Å². The van der Waals surface area contributed by atoms with Gasteiger partial charge in [-0.05, 0) is 24.6 Å². The second kappa shape index (κ2) is 5.76. The average Bonchev–Trinajstić information content (AvgIpc) is 2.77. The lowest BCUT2D eigenvalue weighted by Gasteiger charge is -2.21. The van der Waals surface area contributed by atoms with Gasteiger partial charge in [-0.25, -0.2) is 9.69 Å². The van der Waals surface area contributed by atoms with Crippen LogP contribution in [0.15, 0.2) is 54.6 Å². The maximum atomic E-state index is 12.8. The van der Waals surface area contributed by atoms with Gasteiger partial charge >= 0.3 is 6.03 Å². The monoisotopic (exact) mass is 310 g/mol. The van der Waals surface area contributed by atoms with Crippen molar-refractivity contribution in [3.05, 3.63) is 60.2 Å². The third-order valence-corrected chi connectivity index (χ3v) is 3.97. The van der Waals surface area contributed by atoms with Gasteiger partial charge in [-0.2, -0.15) is 0 Å². The quantitative estimate of drug-likeness (QED) is 0.883. The lowest BCUT2D eigenvalue weighted by Crippen LogP contribution is -2.46. The first kappa shape index (κ1) is 15.1. The number of nitrogens with one attached hydrogen (secondary N) is 1. The minimum absolute atomic E-state index is 0.264. The summed E-state index contributed by atoms with van der Waals surface area (Å²) >= 11 is 0. The number of benzene rings is 2. The maximum absolute atomic E-state index is 12.8. The van der Waals surface area contributed by atoms with Crippen LogP contribution in [-0.4, -0.2) is 24.6 Å². The molecule has 0 saturated carbocycles. The van der Waals surface area contributed by atoms with Crippen LogP contribution in [0.4, 0.5) is 10.5 Å². The van der Waals surface area contributed by atoms with Gasteiger partial charge in [-0.1, -0.05) is 36.4 Å². The second-order valence-electron chi connectivity index (χ2n) is 5.77. The molecule has 0 spiro atoms. The van der Waals surface area contributed by atoms with Crippen LogP contribution < -0.4 is 15.0 Å². The van der Waals surface area contributed by atoms with Gasteiger partial charge in [0.1, 0.15) is 11.3 Å². The van der Waals surface area contributed by atoms with Crippen molar-refractivity contribution in [1.82, 2.24) is 5.32 Å². The van der Waals surface area contributed by atoms with Crippen LogP contribution >= 0.6 is 0 Å². The molecule has 2 aromatic carbocycles. The lowest BCUT2D eigenvalue weighted by molar-refractivity contribution is -0.121. The summed E-state index contributed by atoms with van der Waals surface area (Å²) in [7, 11) is 1.55. The predicted octanol–water partition coefficient (Wildman–Crippen LogP) is 2.75. The smallest absolute Gasteiger partial charge is 0.329 e. The summed E-state index contributed by atoms with van der Waals surface area (Å²) < 4.78 is 5.16. The number of urea groups is 1. The topological polar surface area (TPSA) is 58.6 Å². The first-order valence-electron chi connectivity index (χ1n) is 7.38. The van der Waals surface area contributed by atoms with Crippen LogP contribution in [-0.2, 0) is 11.2 Å². The number of anilines is 1. The fourth-order valence-electron chi connectivity index (χ4n) is 2.79. The third-order valence-electron chi connectivity index (χ3n) is 3.97. The van der Waals surface area contributed by atoms with E-state index in [2.05, 4.69) is 5.32 Å². The Balaban J connectivity index is 1.90. The molecule has 1 saturated heterocycles. The number of hydrogen-bond acceptors (Lipinski definition) is 3.